The van der Waals surface area contributed by atoms with Gasteiger partial charge in [-0.25, -0.2) is 0 Å². The number of aliphatic imine (C=N–C) groups is 1. The summed E-state index contributed by atoms with van der Waals surface area (Å²) in [5, 5.41) is 1.06. The fourth-order valence-corrected chi connectivity index (χ4v) is 3.01. The van der Waals surface area contributed by atoms with Gasteiger partial charge in [-0.05, 0) is 36.8 Å². The molecule has 108 valence electrons. The zero-order valence-electron chi connectivity index (χ0n) is 11.2. The van der Waals surface area contributed by atoms with Crippen molar-refractivity contribution in [3.05, 3.63) is 52.4 Å². The van der Waals surface area contributed by atoms with Gasteiger partial charge >= 0.3 is 0 Å². The molecule has 0 spiro atoms. The molecule has 0 amide bonds. The Morgan fingerprint density at radius 2 is 2.05 bits per heavy atom. The van der Waals surface area contributed by atoms with Gasteiger partial charge in [0.25, 0.3) is 0 Å². The number of Topliss-reactive ketones (excluding diaryl/α,β-unsaturated/α-hetero) is 1. The van der Waals surface area contributed by atoms with Gasteiger partial charge in [-0.3, -0.25) is 9.79 Å². The molecule has 0 bridgehead atoms. The molecule has 1 saturated carbocycles. The average molecular weight is 322 g/mol. The maximum atomic E-state index is 11.9. The molecule has 1 unspecified atom stereocenters. The number of carbonyl (C=O) groups is 1. The second-order valence-corrected chi connectivity index (χ2v) is 5.95. The lowest BCUT2D eigenvalue weighted by Crippen LogP contribution is -2.21. The zero-order chi connectivity index (χ0) is 14.8. The number of hydrogen-bond donors (Lipinski definition) is 0. The molecule has 0 saturated heterocycles. The monoisotopic (exact) mass is 321 g/mol. The van der Waals surface area contributed by atoms with Crippen molar-refractivity contribution in [2.75, 3.05) is 0 Å². The molecule has 1 aromatic carbocycles. The number of nitrogens with zero attached hydrogens (tertiary/aromatic N) is 1. The van der Waals surface area contributed by atoms with Crippen LogP contribution in [0.3, 0.4) is 0 Å². The summed E-state index contributed by atoms with van der Waals surface area (Å²) < 4.78 is 5.41. The molecule has 1 aliphatic rings. The van der Waals surface area contributed by atoms with Crippen molar-refractivity contribution in [3.8, 4) is 0 Å². The summed E-state index contributed by atoms with van der Waals surface area (Å²) in [7, 11) is 0. The van der Waals surface area contributed by atoms with Gasteiger partial charge < -0.3 is 4.42 Å². The molecule has 0 N–H and O–H groups in total. The summed E-state index contributed by atoms with van der Waals surface area (Å²) in [6, 6.07) is 8.88. The fourth-order valence-electron chi connectivity index (χ4n) is 2.56. The van der Waals surface area contributed by atoms with Crippen molar-refractivity contribution in [1.82, 2.24) is 0 Å². The van der Waals surface area contributed by atoms with Gasteiger partial charge in [-0.2, -0.15) is 0 Å². The molecule has 5 heteroatoms. The van der Waals surface area contributed by atoms with Crippen molar-refractivity contribution in [1.29, 1.82) is 0 Å². The molecular weight excluding hydrogens is 309 g/mol. The highest BCUT2D eigenvalue weighted by Gasteiger charge is 2.27. The van der Waals surface area contributed by atoms with Crippen LogP contribution in [0.1, 0.15) is 30.9 Å². The number of carbonyl (C=O) groups excluding carboxylic acids is 1. The van der Waals surface area contributed by atoms with E-state index in [1.54, 1.807) is 24.5 Å². The third-order valence-corrected chi connectivity index (χ3v) is 4.03. The van der Waals surface area contributed by atoms with Crippen LogP contribution in [0.25, 0.3) is 0 Å². The predicted molar refractivity (Wildman–Crippen MR) is 83.9 cm³/mol. The number of furan rings is 1. The number of rotatable bonds is 2. The van der Waals surface area contributed by atoms with Crippen LogP contribution in [0.5, 0.6) is 0 Å². The largest absolute Gasteiger partial charge is 0.469 e. The molecule has 0 radical (unpaired) electrons. The maximum absolute atomic E-state index is 11.9. The quantitative estimate of drug-likeness (QED) is 0.763. The highest BCUT2D eigenvalue weighted by molar-refractivity contribution is 6.36. The van der Waals surface area contributed by atoms with Gasteiger partial charge in [-0.15, -0.1) is 0 Å². The SMILES string of the molecule is O=C1CC(=Nc2ccc(Cl)cc2Cl)CC(c2ccco2)C1. The zero-order valence-corrected chi connectivity index (χ0v) is 12.7. The Bertz CT molecular complexity index is 692. The van der Waals surface area contributed by atoms with Gasteiger partial charge in [0, 0.05) is 29.5 Å². The molecule has 1 aromatic heterocycles. The third kappa shape index (κ3) is 3.36. The van der Waals surface area contributed by atoms with Gasteiger partial charge in [0.15, 0.2) is 0 Å². The maximum Gasteiger partial charge on any atom is 0.139 e. The van der Waals surface area contributed by atoms with Crippen molar-refractivity contribution < 1.29 is 9.21 Å². The molecule has 0 aliphatic heterocycles. The number of ketones is 1. The molecule has 1 aliphatic carbocycles. The first kappa shape index (κ1) is 14.4. The summed E-state index contributed by atoms with van der Waals surface area (Å²) >= 11 is 12.0. The summed E-state index contributed by atoms with van der Waals surface area (Å²) in [5.41, 5.74) is 1.47. The van der Waals surface area contributed by atoms with Crippen molar-refractivity contribution >= 4 is 40.4 Å². The smallest absolute Gasteiger partial charge is 0.139 e. The van der Waals surface area contributed by atoms with E-state index in [0.29, 0.717) is 35.0 Å². The van der Waals surface area contributed by atoms with Crippen LogP contribution in [0.15, 0.2) is 46.0 Å². The van der Waals surface area contributed by atoms with Crippen molar-refractivity contribution in [3.63, 3.8) is 0 Å². The Balaban J connectivity index is 1.87. The number of hydrogen-bond acceptors (Lipinski definition) is 3. The lowest BCUT2D eigenvalue weighted by molar-refractivity contribution is -0.118. The Kier molecular flexibility index (Phi) is 4.13. The lowest BCUT2D eigenvalue weighted by atomic mass is 9.85. The first-order valence-electron chi connectivity index (χ1n) is 6.68. The van der Waals surface area contributed by atoms with Crippen molar-refractivity contribution in [2.45, 2.75) is 25.2 Å². The first-order chi connectivity index (χ1) is 10.1. The van der Waals surface area contributed by atoms with E-state index in [1.807, 2.05) is 12.1 Å². The minimum Gasteiger partial charge on any atom is -0.469 e. The fraction of sp³-hybridized carbons (Fsp3) is 0.250. The van der Waals surface area contributed by atoms with E-state index in [0.717, 1.165) is 11.5 Å². The molecular formula is C16H13Cl2NO2. The minimum atomic E-state index is 0.0612. The van der Waals surface area contributed by atoms with E-state index in [1.165, 1.54) is 0 Å². The van der Waals surface area contributed by atoms with Crippen LogP contribution in [0, 0.1) is 0 Å². The second kappa shape index (κ2) is 6.04. The van der Waals surface area contributed by atoms with Gasteiger partial charge in [0.05, 0.1) is 17.0 Å². The number of benzene rings is 1. The Morgan fingerprint density at radius 1 is 1.19 bits per heavy atom. The first-order valence-corrected chi connectivity index (χ1v) is 7.44. The molecule has 1 heterocycles. The lowest BCUT2D eigenvalue weighted by Gasteiger charge is -2.20. The van der Waals surface area contributed by atoms with Crippen molar-refractivity contribution in [2.24, 2.45) is 4.99 Å². The molecule has 21 heavy (non-hydrogen) atoms. The van der Waals surface area contributed by atoms with Gasteiger partial charge in [0.1, 0.15) is 11.5 Å². The molecule has 1 fully saturated rings. The average Bonchev–Trinajstić information content (AvgIpc) is 2.95. The standard InChI is InChI=1S/C16H13Cl2NO2/c17-11-3-4-15(14(18)8-11)19-12-6-10(7-13(20)9-12)16-2-1-5-21-16/h1-5,8,10H,6-7,9H2. The molecule has 2 aromatic rings. The van der Waals surface area contributed by atoms with E-state index >= 15 is 0 Å². The van der Waals surface area contributed by atoms with E-state index in [2.05, 4.69) is 4.99 Å². The summed E-state index contributed by atoms with van der Waals surface area (Å²) in [6.07, 6.45) is 3.20. The summed E-state index contributed by atoms with van der Waals surface area (Å²) in [4.78, 5) is 16.5. The highest BCUT2D eigenvalue weighted by atomic mass is 35.5. The van der Waals surface area contributed by atoms with Crippen LogP contribution < -0.4 is 0 Å². The molecule has 3 rings (SSSR count). The van der Waals surface area contributed by atoms with Crippen LogP contribution in [-0.2, 0) is 4.79 Å². The predicted octanol–water partition coefficient (Wildman–Crippen LogP) is 5.20. The second-order valence-electron chi connectivity index (χ2n) is 5.11. The minimum absolute atomic E-state index is 0.0612. The van der Waals surface area contributed by atoms with Crippen LogP contribution in [0.4, 0.5) is 5.69 Å². The molecule has 3 nitrogen and oxygen atoms in total. The van der Waals surface area contributed by atoms with Crippen LogP contribution >= 0.6 is 23.2 Å². The van der Waals surface area contributed by atoms with Crippen LogP contribution in [0.2, 0.25) is 10.0 Å². The Morgan fingerprint density at radius 3 is 2.76 bits per heavy atom. The van der Waals surface area contributed by atoms with Crippen LogP contribution in [-0.4, -0.2) is 11.5 Å². The topological polar surface area (TPSA) is 42.6 Å². The van der Waals surface area contributed by atoms with E-state index in [-0.39, 0.29) is 11.7 Å². The van der Waals surface area contributed by atoms with E-state index in [9.17, 15) is 4.79 Å². The molecule has 1 atom stereocenters. The Hall–Kier alpha value is -1.58. The Labute approximate surface area is 132 Å². The highest BCUT2D eigenvalue weighted by Crippen LogP contribution is 2.33. The third-order valence-electron chi connectivity index (χ3n) is 3.49. The number of halogens is 2. The normalized spacial score (nSPS) is 21.0. The van der Waals surface area contributed by atoms with E-state index < -0.39 is 0 Å². The van der Waals surface area contributed by atoms with Gasteiger partial charge in [0.2, 0.25) is 0 Å². The van der Waals surface area contributed by atoms with E-state index in [4.69, 9.17) is 27.6 Å². The summed E-state index contributed by atoms with van der Waals surface area (Å²) in [5.74, 6) is 1.07. The summed E-state index contributed by atoms with van der Waals surface area (Å²) in [6.45, 7) is 0. The van der Waals surface area contributed by atoms with Gasteiger partial charge in [-0.1, -0.05) is 23.2 Å².